The lowest BCUT2D eigenvalue weighted by molar-refractivity contribution is -0.0578. The topological polar surface area (TPSA) is 118 Å². The van der Waals surface area contributed by atoms with Gasteiger partial charge in [0.15, 0.2) is 4.77 Å². The van der Waals surface area contributed by atoms with Crippen LogP contribution in [0.5, 0.6) is 11.5 Å². The summed E-state index contributed by atoms with van der Waals surface area (Å²) in [6.45, 7) is 1.48. The van der Waals surface area contributed by atoms with Gasteiger partial charge in [-0.1, -0.05) is 0 Å². The van der Waals surface area contributed by atoms with Gasteiger partial charge < -0.3 is 23.7 Å². The summed E-state index contributed by atoms with van der Waals surface area (Å²) < 4.78 is 29.4. The first kappa shape index (κ1) is 26.1. The monoisotopic (exact) mass is 526 g/mol. The molecule has 1 N–H and O–H groups in total. The lowest BCUT2D eigenvalue weighted by Crippen LogP contribution is -2.32. The van der Waals surface area contributed by atoms with Crippen molar-refractivity contribution in [3.05, 3.63) is 86.5 Å². The van der Waals surface area contributed by atoms with Gasteiger partial charge in [-0.15, -0.1) is 0 Å². The smallest absolute Gasteiger partial charge is 0.338 e. The van der Waals surface area contributed by atoms with Crippen molar-refractivity contribution in [2.75, 3.05) is 20.8 Å². The zero-order chi connectivity index (χ0) is 26.5. The van der Waals surface area contributed by atoms with Crippen molar-refractivity contribution in [1.29, 1.82) is 0 Å². The van der Waals surface area contributed by atoms with E-state index in [9.17, 15) is 14.4 Å². The van der Waals surface area contributed by atoms with Gasteiger partial charge in [0.05, 0.1) is 25.3 Å². The Balaban J connectivity index is 1.52. The van der Waals surface area contributed by atoms with E-state index >= 15 is 0 Å². The SMILES string of the molecule is COc1ccc(C(=O)OC[C@H]2O[C@@H](n3cc(C)c(=O)[nH]c3=S)C[C@@H]2OC(=O)c2ccc(OC)cc2)cc1. The van der Waals surface area contributed by atoms with Crippen LogP contribution in [-0.4, -0.2) is 54.5 Å². The minimum absolute atomic E-state index is 0.164. The van der Waals surface area contributed by atoms with Crippen molar-refractivity contribution in [2.24, 2.45) is 0 Å². The molecule has 10 nitrogen and oxygen atoms in total. The third kappa shape index (κ3) is 6.07. The Morgan fingerprint density at radius 3 is 2.14 bits per heavy atom. The predicted molar refractivity (Wildman–Crippen MR) is 135 cm³/mol. The molecule has 0 amide bonds. The van der Waals surface area contributed by atoms with Crippen LogP contribution in [0.15, 0.2) is 59.5 Å². The maximum atomic E-state index is 12.9. The van der Waals surface area contributed by atoms with Gasteiger partial charge in [0.25, 0.3) is 5.56 Å². The predicted octanol–water partition coefficient (Wildman–Crippen LogP) is 3.60. The first-order valence-corrected chi connectivity index (χ1v) is 11.8. The summed E-state index contributed by atoms with van der Waals surface area (Å²) in [7, 11) is 3.06. The number of rotatable bonds is 8. The molecule has 0 radical (unpaired) electrons. The molecule has 2 aromatic carbocycles. The highest BCUT2D eigenvalue weighted by atomic mass is 32.1. The second kappa shape index (κ2) is 11.4. The number of carbonyl (C=O) groups excluding carboxylic acids is 2. The van der Waals surface area contributed by atoms with Gasteiger partial charge in [-0.05, 0) is 67.7 Å². The van der Waals surface area contributed by atoms with E-state index in [1.165, 1.54) is 14.2 Å². The van der Waals surface area contributed by atoms with E-state index in [-0.39, 0.29) is 23.4 Å². The van der Waals surface area contributed by atoms with E-state index in [2.05, 4.69) is 4.98 Å². The molecule has 2 heterocycles. The number of ether oxygens (including phenoxy) is 5. The molecular formula is C26H26N2O8S. The van der Waals surface area contributed by atoms with Gasteiger partial charge in [-0.3, -0.25) is 14.3 Å². The van der Waals surface area contributed by atoms with E-state index in [1.54, 1.807) is 66.2 Å². The zero-order valence-electron chi connectivity index (χ0n) is 20.5. The molecule has 0 spiro atoms. The number of hydrogen-bond acceptors (Lipinski definition) is 9. The Morgan fingerprint density at radius 1 is 1.00 bits per heavy atom. The summed E-state index contributed by atoms with van der Waals surface area (Å²) in [6.07, 6.45) is -0.367. The van der Waals surface area contributed by atoms with Crippen molar-refractivity contribution in [2.45, 2.75) is 31.8 Å². The van der Waals surface area contributed by atoms with Crippen LogP contribution in [0.3, 0.4) is 0 Å². The van der Waals surface area contributed by atoms with Crippen molar-refractivity contribution in [3.8, 4) is 11.5 Å². The molecule has 1 fully saturated rings. The van der Waals surface area contributed by atoms with Gasteiger partial charge in [0.2, 0.25) is 0 Å². The van der Waals surface area contributed by atoms with Crippen LogP contribution in [0.1, 0.15) is 38.9 Å². The number of methoxy groups -OCH3 is 2. The number of aryl methyl sites for hydroxylation is 1. The van der Waals surface area contributed by atoms with E-state index in [0.717, 1.165) is 0 Å². The van der Waals surface area contributed by atoms with Crippen molar-refractivity contribution >= 4 is 24.2 Å². The van der Waals surface area contributed by atoms with Gasteiger partial charge >= 0.3 is 11.9 Å². The Morgan fingerprint density at radius 2 is 1.57 bits per heavy atom. The molecule has 1 aromatic heterocycles. The van der Waals surface area contributed by atoms with Gasteiger partial charge in [0.1, 0.15) is 36.5 Å². The number of H-pyrrole nitrogens is 1. The third-order valence-electron chi connectivity index (χ3n) is 5.93. The fourth-order valence-corrected chi connectivity index (χ4v) is 4.11. The minimum atomic E-state index is -0.775. The van der Waals surface area contributed by atoms with E-state index in [1.807, 2.05) is 0 Å². The van der Waals surface area contributed by atoms with Crippen LogP contribution in [0.2, 0.25) is 0 Å². The molecule has 11 heteroatoms. The van der Waals surface area contributed by atoms with Gasteiger partial charge in [-0.25, -0.2) is 9.59 Å². The van der Waals surface area contributed by atoms with E-state index in [4.69, 9.17) is 35.9 Å². The molecule has 0 aliphatic carbocycles. The molecule has 4 rings (SSSR count). The first-order chi connectivity index (χ1) is 17.8. The normalized spacial score (nSPS) is 18.7. The Bertz CT molecular complexity index is 1380. The summed E-state index contributed by atoms with van der Waals surface area (Å²) in [5.74, 6) is 0.0833. The Labute approximate surface area is 217 Å². The molecule has 37 heavy (non-hydrogen) atoms. The number of carbonyl (C=O) groups is 2. The fraction of sp³-hybridized carbons (Fsp3) is 0.308. The standard InChI is InChI=1S/C26H26N2O8S/c1-15-13-28(26(37)27-23(15)29)22-12-20(36-25(31)17-6-10-19(33-3)11-7-17)21(35-22)14-34-24(30)16-4-8-18(32-2)9-5-16/h4-11,13,20-22H,12,14H2,1-3H3,(H,27,29,37)/t20-,21+,22+/m0/s1. The summed E-state index contributed by atoms with van der Waals surface area (Å²) in [6, 6.07) is 13.0. The quantitative estimate of drug-likeness (QED) is 0.347. The summed E-state index contributed by atoms with van der Waals surface area (Å²) in [5, 5.41) is 0. The second-order valence-corrected chi connectivity index (χ2v) is 8.73. The maximum absolute atomic E-state index is 12.9. The van der Waals surface area contributed by atoms with Gasteiger partial charge in [-0.2, -0.15) is 0 Å². The van der Waals surface area contributed by atoms with Gasteiger partial charge in [0, 0.05) is 18.2 Å². The number of benzene rings is 2. The van der Waals surface area contributed by atoms with Crippen LogP contribution >= 0.6 is 12.2 Å². The number of aromatic nitrogens is 2. The Kier molecular flexibility index (Phi) is 8.04. The minimum Gasteiger partial charge on any atom is -0.497 e. The third-order valence-corrected chi connectivity index (χ3v) is 6.24. The van der Waals surface area contributed by atoms with Crippen molar-refractivity contribution in [1.82, 2.24) is 9.55 Å². The molecule has 194 valence electrons. The van der Waals surface area contributed by atoms with Crippen LogP contribution in [0, 0.1) is 11.7 Å². The number of hydrogen-bond donors (Lipinski definition) is 1. The number of esters is 2. The molecular weight excluding hydrogens is 500 g/mol. The summed E-state index contributed by atoms with van der Waals surface area (Å²) in [4.78, 5) is 40.0. The molecule has 1 saturated heterocycles. The van der Waals surface area contributed by atoms with Crippen molar-refractivity contribution in [3.63, 3.8) is 0 Å². The molecule has 3 atom stereocenters. The molecule has 1 aliphatic rings. The largest absolute Gasteiger partial charge is 0.497 e. The molecule has 1 aliphatic heterocycles. The summed E-state index contributed by atoms with van der Waals surface area (Å²) >= 11 is 5.30. The highest BCUT2D eigenvalue weighted by molar-refractivity contribution is 7.71. The zero-order valence-corrected chi connectivity index (χ0v) is 21.3. The van der Waals surface area contributed by atoms with E-state index < -0.39 is 30.4 Å². The highest BCUT2D eigenvalue weighted by Crippen LogP contribution is 2.32. The fourth-order valence-electron chi connectivity index (χ4n) is 3.85. The van der Waals surface area contributed by atoms with Crippen LogP contribution in [0.25, 0.3) is 0 Å². The highest BCUT2D eigenvalue weighted by Gasteiger charge is 2.40. The molecule has 0 bridgehead atoms. The van der Waals surface area contributed by atoms with Crippen LogP contribution < -0.4 is 15.0 Å². The number of nitrogens with one attached hydrogen (secondary N) is 1. The summed E-state index contributed by atoms with van der Waals surface area (Å²) in [5.41, 5.74) is 0.806. The molecule has 3 aromatic rings. The van der Waals surface area contributed by atoms with Crippen molar-refractivity contribution < 1.29 is 33.3 Å². The number of nitrogens with zero attached hydrogens (tertiary/aromatic N) is 1. The maximum Gasteiger partial charge on any atom is 0.338 e. The Hall–Kier alpha value is -3.96. The van der Waals surface area contributed by atoms with Crippen LogP contribution in [-0.2, 0) is 14.2 Å². The lowest BCUT2D eigenvalue weighted by atomic mass is 10.1. The van der Waals surface area contributed by atoms with E-state index in [0.29, 0.717) is 28.2 Å². The van der Waals surface area contributed by atoms with Crippen LogP contribution in [0.4, 0.5) is 0 Å². The lowest BCUT2D eigenvalue weighted by Gasteiger charge is -2.19. The average molecular weight is 527 g/mol. The second-order valence-electron chi connectivity index (χ2n) is 8.34. The first-order valence-electron chi connectivity index (χ1n) is 11.4. The average Bonchev–Trinajstić information content (AvgIpc) is 3.31. The number of aromatic amines is 1. The molecule has 0 unspecified atom stereocenters. The molecule has 0 saturated carbocycles.